The van der Waals surface area contributed by atoms with E-state index in [0.29, 0.717) is 21.8 Å². The average molecular weight is 303 g/mol. The van der Waals surface area contributed by atoms with Crippen molar-refractivity contribution in [1.29, 1.82) is 0 Å². The van der Waals surface area contributed by atoms with Gasteiger partial charge in [0, 0.05) is 18.3 Å². The molecule has 0 unspecified atom stereocenters. The zero-order valence-electron chi connectivity index (χ0n) is 11.7. The molecular formula is C16H15ClN2O2. The largest absolute Gasteiger partial charge is 0.355 e. The minimum Gasteiger partial charge on any atom is -0.355 e. The van der Waals surface area contributed by atoms with E-state index in [0.717, 1.165) is 5.56 Å². The second-order valence-corrected chi connectivity index (χ2v) is 4.95. The van der Waals surface area contributed by atoms with Gasteiger partial charge in [-0.05, 0) is 36.8 Å². The van der Waals surface area contributed by atoms with Gasteiger partial charge in [0.1, 0.15) is 0 Å². The molecule has 0 saturated carbocycles. The van der Waals surface area contributed by atoms with Gasteiger partial charge in [-0.2, -0.15) is 0 Å². The van der Waals surface area contributed by atoms with E-state index in [1.807, 2.05) is 6.92 Å². The number of aryl methyl sites for hydroxylation is 1. The van der Waals surface area contributed by atoms with E-state index in [-0.39, 0.29) is 11.8 Å². The highest BCUT2D eigenvalue weighted by molar-refractivity contribution is 6.34. The number of hydrogen-bond acceptors (Lipinski definition) is 2. The van der Waals surface area contributed by atoms with Crippen molar-refractivity contribution >= 4 is 29.1 Å². The number of anilines is 1. The maximum absolute atomic E-state index is 12.2. The van der Waals surface area contributed by atoms with E-state index in [4.69, 9.17) is 11.6 Å². The van der Waals surface area contributed by atoms with Crippen LogP contribution in [0.25, 0.3) is 0 Å². The molecule has 0 atom stereocenters. The molecule has 5 heteroatoms. The Balaban J connectivity index is 2.29. The van der Waals surface area contributed by atoms with Gasteiger partial charge in [-0.1, -0.05) is 29.8 Å². The molecule has 0 fully saturated rings. The van der Waals surface area contributed by atoms with Crippen LogP contribution in [0.15, 0.2) is 42.5 Å². The number of carbonyl (C=O) groups is 2. The summed E-state index contributed by atoms with van der Waals surface area (Å²) >= 11 is 6.00. The van der Waals surface area contributed by atoms with Gasteiger partial charge in [-0.3, -0.25) is 9.59 Å². The second-order valence-electron chi connectivity index (χ2n) is 4.54. The molecule has 2 N–H and O–H groups in total. The minimum atomic E-state index is -0.308. The van der Waals surface area contributed by atoms with Gasteiger partial charge >= 0.3 is 0 Å². The Morgan fingerprint density at radius 2 is 1.76 bits per heavy atom. The van der Waals surface area contributed by atoms with Crippen LogP contribution in [0, 0.1) is 6.92 Å². The fourth-order valence-corrected chi connectivity index (χ4v) is 2.10. The molecule has 0 aliphatic rings. The average Bonchev–Trinajstić information content (AvgIpc) is 2.49. The van der Waals surface area contributed by atoms with E-state index >= 15 is 0 Å². The lowest BCUT2D eigenvalue weighted by atomic mass is 10.1. The molecule has 2 rings (SSSR count). The molecule has 2 aromatic carbocycles. The molecule has 0 saturated heterocycles. The highest BCUT2D eigenvalue weighted by Crippen LogP contribution is 2.20. The monoisotopic (exact) mass is 302 g/mol. The summed E-state index contributed by atoms with van der Waals surface area (Å²) in [7, 11) is 1.56. The number of rotatable bonds is 3. The van der Waals surface area contributed by atoms with Crippen molar-refractivity contribution in [1.82, 2.24) is 5.32 Å². The smallest absolute Gasteiger partial charge is 0.257 e. The first-order valence-electron chi connectivity index (χ1n) is 6.41. The van der Waals surface area contributed by atoms with Crippen LogP contribution in [0.5, 0.6) is 0 Å². The van der Waals surface area contributed by atoms with Gasteiger partial charge in [0.15, 0.2) is 0 Å². The fraction of sp³-hybridized carbons (Fsp3) is 0.125. The Kier molecular flexibility index (Phi) is 4.60. The molecule has 2 amide bonds. The highest BCUT2D eigenvalue weighted by Gasteiger charge is 2.12. The number of hydrogen-bond donors (Lipinski definition) is 2. The fourth-order valence-electron chi connectivity index (χ4n) is 1.88. The molecule has 0 aliphatic carbocycles. The molecule has 4 nitrogen and oxygen atoms in total. The summed E-state index contributed by atoms with van der Waals surface area (Å²) in [6.45, 7) is 1.86. The van der Waals surface area contributed by atoms with Crippen molar-refractivity contribution in [3.63, 3.8) is 0 Å². The summed E-state index contributed by atoms with van der Waals surface area (Å²) in [5.41, 5.74) is 2.32. The van der Waals surface area contributed by atoms with E-state index in [1.165, 1.54) is 0 Å². The molecule has 21 heavy (non-hydrogen) atoms. The molecule has 0 heterocycles. The zero-order valence-corrected chi connectivity index (χ0v) is 12.5. The van der Waals surface area contributed by atoms with Crippen molar-refractivity contribution in [3.05, 3.63) is 64.2 Å². The lowest BCUT2D eigenvalue weighted by Crippen LogP contribution is -2.19. The number of carbonyl (C=O) groups excluding carboxylic acids is 2. The normalized spacial score (nSPS) is 10.0. The van der Waals surface area contributed by atoms with E-state index < -0.39 is 0 Å². The number of amides is 2. The Morgan fingerprint density at radius 1 is 1.05 bits per heavy atom. The van der Waals surface area contributed by atoms with E-state index in [9.17, 15) is 9.59 Å². The third-order valence-electron chi connectivity index (χ3n) is 3.09. The first-order valence-corrected chi connectivity index (χ1v) is 6.79. The van der Waals surface area contributed by atoms with Crippen molar-refractivity contribution in [2.75, 3.05) is 12.4 Å². The van der Waals surface area contributed by atoms with Crippen molar-refractivity contribution < 1.29 is 9.59 Å². The summed E-state index contributed by atoms with van der Waals surface area (Å²) in [5, 5.41) is 5.72. The Labute approximate surface area is 128 Å². The quantitative estimate of drug-likeness (QED) is 0.914. The highest BCUT2D eigenvalue weighted by atomic mass is 35.5. The van der Waals surface area contributed by atoms with Gasteiger partial charge in [0.25, 0.3) is 11.8 Å². The van der Waals surface area contributed by atoms with Crippen LogP contribution in [0.1, 0.15) is 26.3 Å². The number of halogens is 1. The molecule has 0 spiro atoms. The molecule has 0 aliphatic heterocycles. The van der Waals surface area contributed by atoms with Gasteiger partial charge < -0.3 is 10.6 Å². The van der Waals surface area contributed by atoms with Crippen LogP contribution in [0.2, 0.25) is 5.02 Å². The maximum Gasteiger partial charge on any atom is 0.257 e. The van der Waals surface area contributed by atoms with Gasteiger partial charge in [-0.25, -0.2) is 0 Å². The summed E-state index contributed by atoms with van der Waals surface area (Å²) in [4.78, 5) is 23.9. The standard InChI is InChI=1S/C16H15ClN2O2/c1-10-7-8-11(15(20)18-2)9-14(10)19-16(21)12-5-3-4-6-13(12)17/h3-9H,1-2H3,(H,18,20)(H,19,21). The Morgan fingerprint density at radius 3 is 2.43 bits per heavy atom. The van der Waals surface area contributed by atoms with Crippen molar-refractivity contribution in [2.45, 2.75) is 6.92 Å². The molecule has 0 bridgehead atoms. The SMILES string of the molecule is CNC(=O)c1ccc(C)c(NC(=O)c2ccccc2Cl)c1. The molecule has 0 aromatic heterocycles. The summed E-state index contributed by atoms with van der Waals surface area (Å²) in [6.07, 6.45) is 0. The molecule has 108 valence electrons. The van der Waals surface area contributed by atoms with Gasteiger partial charge in [0.2, 0.25) is 0 Å². The topological polar surface area (TPSA) is 58.2 Å². The van der Waals surface area contributed by atoms with Crippen LogP contribution >= 0.6 is 11.6 Å². The lowest BCUT2D eigenvalue weighted by Gasteiger charge is -2.11. The third-order valence-corrected chi connectivity index (χ3v) is 3.42. The summed E-state index contributed by atoms with van der Waals surface area (Å²) in [5.74, 6) is -0.513. The van der Waals surface area contributed by atoms with Crippen LogP contribution in [0.4, 0.5) is 5.69 Å². The Bertz CT molecular complexity index is 698. The molecule has 2 aromatic rings. The van der Waals surface area contributed by atoms with Crippen LogP contribution in [-0.4, -0.2) is 18.9 Å². The predicted octanol–water partition coefficient (Wildman–Crippen LogP) is 3.26. The van der Waals surface area contributed by atoms with Crippen LogP contribution in [-0.2, 0) is 0 Å². The van der Waals surface area contributed by atoms with E-state index in [1.54, 1.807) is 49.5 Å². The van der Waals surface area contributed by atoms with E-state index in [2.05, 4.69) is 10.6 Å². The predicted molar refractivity (Wildman–Crippen MR) is 84.0 cm³/mol. The second kappa shape index (κ2) is 6.41. The van der Waals surface area contributed by atoms with Crippen molar-refractivity contribution in [2.24, 2.45) is 0 Å². The number of benzene rings is 2. The zero-order chi connectivity index (χ0) is 15.4. The first kappa shape index (κ1) is 15.1. The maximum atomic E-state index is 12.2. The number of nitrogens with one attached hydrogen (secondary N) is 2. The lowest BCUT2D eigenvalue weighted by molar-refractivity contribution is 0.0961. The molecular weight excluding hydrogens is 288 g/mol. The minimum absolute atomic E-state index is 0.205. The van der Waals surface area contributed by atoms with Crippen LogP contribution in [0.3, 0.4) is 0 Å². The molecule has 0 radical (unpaired) electrons. The summed E-state index contributed by atoms with van der Waals surface area (Å²) in [6, 6.07) is 11.9. The van der Waals surface area contributed by atoms with Gasteiger partial charge in [-0.15, -0.1) is 0 Å². The summed E-state index contributed by atoms with van der Waals surface area (Å²) < 4.78 is 0. The van der Waals surface area contributed by atoms with Crippen LogP contribution < -0.4 is 10.6 Å². The first-order chi connectivity index (χ1) is 10.0. The van der Waals surface area contributed by atoms with Crippen molar-refractivity contribution in [3.8, 4) is 0 Å². The third kappa shape index (κ3) is 3.41. The van der Waals surface area contributed by atoms with Gasteiger partial charge in [0.05, 0.1) is 10.6 Å². The Hall–Kier alpha value is -2.33.